The molecule has 1 aromatic rings. The maximum absolute atomic E-state index is 12.1. The van der Waals surface area contributed by atoms with Gasteiger partial charge < -0.3 is 20.3 Å². The molecule has 0 atom stereocenters. The lowest BCUT2D eigenvalue weighted by atomic mass is 10.2. The maximum Gasteiger partial charge on any atom is 0.317 e. The second kappa shape index (κ2) is 9.02. The summed E-state index contributed by atoms with van der Waals surface area (Å²) in [5.74, 6) is 0.468. The summed E-state index contributed by atoms with van der Waals surface area (Å²) < 4.78 is 5.34. The molecule has 126 valence electrons. The molecule has 0 saturated carbocycles. The summed E-state index contributed by atoms with van der Waals surface area (Å²) in [6.07, 6.45) is 4.60. The number of likely N-dealkylation sites (tertiary alicyclic amines) is 1. The molecule has 1 aliphatic heterocycles. The molecule has 1 saturated heterocycles. The van der Waals surface area contributed by atoms with Crippen LogP contribution in [0, 0.1) is 0 Å². The highest BCUT2D eigenvalue weighted by Gasteiger charge is 2.14. The van der Waals surface area contributed by atoms with Gasteiger partial charge in [0.25, 0.3) is 5.91 Å². The number of carbonyl (C=O) groups is 2. The zero-order valence-electron chi connectivity index (χ0n) is 13.6. The molecule has 1 aromatic carbocycles. The highest BCUT2D eigenvalue weighted by atomic mass is 16.5. The summed E-state index contributed by atoms with van der Waals surface area (Å²) in [6.45, 7) is 2.18. The second-order valence-corrected chi connectivity index (χ2v) is 5.67. The van der Waals surface area contributed by atoms with Gasteiger partial charge in [0, 0.05) is 26.7 Å². The van der Waals surface area contributed by atoms with Gasteiger partial charge in [0.1, 0.15) is 5.75 Å². The highest BCUT2D eigenvalue weighted by Crippen LogP contribution is 2.13. The lowest BCUT2D eigenvalue weighted by Gasteiger charge is -2.20. The fourth-order valence-corrected chi connectivity index (χ4v) is 2.49. The first-order chi connectivity index (χ1) is 11.2. The van der Waals surface area contributed by atoms with Gasteiger partial charge >= 0.3 is 6.03 Å². The molecule has 0 unspecified atom stereocenters. The molecule has 0 spiro atoms. The fourth-order valence-electron chi connectivity index (χ4n) is 2.49. The van der Waals surface area contributed by atoms with Crippen molar-refractivity contribution in [2.24, 2.45) is 0 Å². The molecule has 1 fully saturated rings. The Morgan fingerprint density at radius 1 is 1.09 bits per heavy atom. The molecular formula is C17H25N3O3. The average molecular weight is 319 g/mol. The molecule has 1 aliphatic rings. The number of nitrogens with one attached hydrogen (secondary N) is 2. The lowest BCUT2D eigenvalue weighted by molar-refractivity contribution is -0.122. The van der Waals surface area contributed by atoms with Crippen molar-refractivity contribution < 1.29 is 14.3 Å². The Balaban J connectivity index is 1.76. The SMILES string of the molecule is CNC(=O)COc1ccc(CNC(=O)N2CCCCCC2)cc1. The number of urea groups is 1. The molecule has 6 nitrogen and oxygen atoms in total. The van der Waals surface area contributed by atoms with Gasteiger partial charge in [-0.3, -0.25) is 4.79 Å². The van der Waals surface area contributed by atoms with Crippen LogP contribution in [0.5, 0.6) is 5.75 Å². The number of rotatable bonds is 5. The smallest absolute Gasteiger partial charge is 0.317 e. The van der Waals surface area contributed by atoms with Crippen LogP contribution in [-0.2, 0) is 11.3 Å². The number of hydrogen-bond acceptors (Lipinski definition) is 3. The third-order valence-electron chi connectivity index (χ3n) is 3.91. The van der Waals surface area contributed by atoms with Crippen LogP contribution in [0.25, 0.3) is 0 Å². The monoisotopic (exact) mass is 319 g/mol. The Morgan fingerprint density at radius 3 is 2.35 bits per heavy atom. The molecule has 0 bridgehead atoms. The zero-order chi connectivity index (χ0) is 16.5. The molecule has 0 aromatic heterocycles. The van der Waals surface area contributed by atoms with E-state index in [-0.39, 0.29) is 18.5 Å². The Labute approximate surface area is 137 Å². The first-order valence-electron chi connectivity index (χ1n) is 8.14. The molecule has 3 amide bonds. The first kappa shape index (κ1) is 17.1. The van der Waals surface area contributed by atoms with Crippen molar-refractivity contribution in [2.75, 3.05) is 26.7 Å². The topological polar surface area (TPSA) is 70.7 Å². The number of ether oxygens (including phenoxy) is 1. The summed E-state index contributed by atoms with van der Waals surface area (Å²) in [7, 11) is 1.57. The van der Waals surface area contributed by atoms with E-state index in [2.05, 4.69) is 10.6 Å². The van der Waals surface area contributed by atoms with Crippen LogP contribution in [-0.4, -0.2) is 43.6 Å². The van der Waals surface area contributed by atoms with Crippen LogP contribution in [0.2, 0.25) is 0 Å². The summed E-state index contributed by atoms with van der Waals surface area (Å²) in [4.78, 5) is 25.2. The van der Waals surface area contributed by atoms with Crippen LogP contribution in [0.1, 0.15) is 31.2 Å². The van der Waals surface area contributed by atoms with Crippen LogP contribution in [0.4, 0.5) is 4.79 Å². The standard InChI is InChI=1S/C17H25N3O3/c1-18-16(21)13-23-15-8-6-14(7-9-15)12-19-17(22)20-10-4-2-3-5-11-20/h6-9H,2-5,10-13H2,1H3,(H,18,21)(H,19,22). The number of benzene rings is 1. The van der Waals surface area contributed by atoms with E-state index in [0.29, 0.717) is 12.3 Å². The van der Waals surface area contributed by atoms with Gasteiger partial charge in [-0.1, -0.05) is 25.0 Å². The van der Waals surface area contributed by atoms with E-state index in [9.17, 15) is 9.59 Å². The zero-order valence-corrected chi connectivity index (χ0v) is 13.6. The largest absolute Gasteiger partial charge is 0.484 e. The molecule has 6 heteroatoms. The van der Waals surface area contributed by atoms with Crippen LogP contribution >= 0.6 is 0 Å². The Morgan fingerprint density at radius 2 is 1.74 bits per heavy atom. The minimum absolute atomic E-state index is 0.00153. The van der Waals surface area contributed by atoms with Crippen molar-refractivity contribution in [3.8, 4) is 5.75 Å². The Hall–Kier alpha value is -2.24. The van der Waals surface area contributed by atoms with E-state index in [1.165, 1.54) is 12.8 Å². The van der Waals surface area contributed by atoms with Crippen LogP contribution in [0.15, 0.2) is 24.3 Å². The molecular weight excluding hydrogens is 294 g/mol. The number of amides is 3. The molecule has 1 heterocycles. The van der Waals surface area contributed by atoms with Crippen molar-refractivity contribution in [2.45, 2.75) is 32.2 Å². The highest BCUT2D eigenvalue weighted by molar-refractivity contribution is 5.77. The van der Waals surface area contributed by atoms with E-state index in [4.69, 9.17) is 4.74 Å². The lowest BCUT2D eigenvalue weighted by Crippen LogP contribution is -2.40. The van der Waals surface area contributed by atoms with Gasteiger partial charge in [0.2, 0.25) is 0 Å². The Bertz CT molecular complexity index is 508. The number of likely N-dealkylation sites (N-methyl/N-ethyl adjacent to an activating group) is 1. The van der Waals surface area contributed by atoms with Crippen LogP contribution in [0.3, 0.4) is 0 Å². The fraction of sp³-hybridized carbons (Fsp3) is 0.529. The minimum Gasteiger partial charge on any atom is -0.484 e. The van der Waals surface area contributed by atoms with Gasteiger partial charge in [-0.2, -0.15) is 0 Å². The molecule has 0 radical (unpaired) electrons. The van der Waals surface area contributed by atoms with Crippen molar-refractivity contribution >= 4 is 11.9 Å². The number of carbonyl (C=O) groups excluding carboxylic acids is 2. The van der Waals surface area contributed by atoms with E-state index in [0.717, 1.165) is 31.5 Å². The number of hydrogen-bond donors (Lipinski definition) is 2. The second-order valence-electron chi connectivity index (χ2n) is 5.67. The van der Waals surface area contributed by atoms with E-state index < -0.39 is 0 Å². The van der Waals surface area contributed by atoms with Gasteiger partial charge in [-0.15, -0.1) is 0 Å². The predicted octanol–water partition coefficient (Wildman–Crippen LogP) is 1.90. The third-order valence-corrected chi connectivity index (χ3v) is 3.91. The van der Waals surface area contributed by atoms with Crippen molar-refractivity contribution in [1.82, 2.24) is 15.5 Å². The molecule has 23 heavy (non-hydrogen) atoms. The van der Waals surface area contributed by atoms with E-state index in [1.807, 2.05) is 17.0 Å². The summed E-state index contributed by atoms with van der Waals surface area (Å²) in [5, 5.41) is 5.46. The normalized spacial score (nSPS) is 14.7. The average Bonchev–Trinajstić information content (AvgIpc) is 2.87. The van der Waals surface area contributed by atoms with E-state index in [1.54, 1.807) is 19.2 Å². The summed E-state index contributed by atoms with van der Waals surface area (Å²) in [6, 6.07) is 7.39. The Kier molecular flexibility index (Phi) is 6.72. The quantitative estimate of drug-likeness (QED) is 0.871. The summed E-state index contributed by atoms with van der Waals surface area (Å²) >= 11 is 0. The minimum atomic E-state index is -0.168. The van der Waals surface area contributed by atoms with Crippen molar-refractivity contribution in [3.05, 3.63) is 29.8 Å². The first-order valence-corrected chi connectivity index (χ1v) is 8.14. The molecule has 2 rings (SSSR count). The molecule has 2 N–H and O–H groups in total. The van der Waals surface area contributed by atoms with Crippen molar-refractivity contribution in [3.63, 3.8) is 0 Å². The van der Waals surface area contributed by atoms with Crippen LogP contribution < -0.4 is 15.4 Å². The summed E-state index contributed by atoms with van der Waals surface area (Å²) in [5.41, 5.74) is 1.00. The molecule has 0 aliphatic carbocycles. The van der Waals surface area contributed by atoms with Gasteiger partial charge in [0.05, 0.1) is 0 Å². The van der Waals surface area contributed by atoms with Gasteiger partial charge in [0.15, 0.2) is 6.61 Å². The third kappa shape index (κ3) is 5.81. The maximum atomic E-state index is 12.1. The van der Waals surface area contributed by atoms with Crippen molar-refractivity contribution in [1.29, 1.82) is 0 Å². The predicted molar refractivity (Wildman–Crippen MR) is 88.3 cm³/mol. The number of nitrogens with zero attached hydrogens (tertiary/aromatic N) is 1. The van der Waals surface area contributed by atoms with Gasteiger partial charge in [-0.25, -0.2) is 4.79 Å². The van der Waals surface area contributed by atoms with E-state index >= 15 is 0 Å². The van der Waals surface area contributed by atoms with Gasteiger partial charge in [-0.05, 0) is 30.5 Å².